The first-order chi connectivity index (χ1) is 7.79. The van der Waals surface area contributed by atoms with Crippen molar-refractivity contribution in [1.29, 1.82) is 0 Å². The highest BCUT2D eigenvalue weighted by atomic mass is 32.1. The van der Waals surface area contributed by atoms with Gasteiger partial charge in [-0.25, -0.2) is 4.98 Å². The molecule has 4 nitrogen and oxygen atoms in total. The summed E-state index contributed by atoms with van der Waals surface area (Å²) >= 11 is 1.63. The number of anilines is 1. The highest BCUT2D eigenvalue weighted by Gasteiger charge is 2.04. The fourth-order valence-electron chi connectivity index (χ4n) is 1.36. The molecule has 2 rings (SSSR count). The summed E-state index contributed by atoms with van der Waals surface area (Å²) in [4.78, 5) is 8.39. The third kappa shape index (κ3) is 2.49. The Balaban J connectivity index is 2.11. The van der Waals surface area contributed by atoms with Crippen LogP contribution in [0, 0.1) is 6.92 Å². The number of thiazole rings is 1. The minimum absolute atomic E-state index is 0.706. The number of aryl methyl sites for hydroxylation is 1. The lowest BCUT2D eigenvalue weighted by atomic mass is 10.3. The zero-order valence-corrected chi connectivity index (χ0v) is 10.0. The van der Waals surface area contributed by atoms with E-state index in [1.807, 2.05) is 18.4 Å². The Morgan fingerprint density at radius 2 is 2.31 bits per heavy atom. The van der Waals surface area contributed by atoms with Gasteiger partial charge in [0, 0.05) is 17.3 Å². The van der Waals surface area contributed by atoms with Gasteiger partial charge in [0.2, 0.25) is 0 Å². The van der Waals surface area contributed by atoms with Gasteiger partial charge in [0.25, 0.3) is 0 Å². The average molecular weight is 235 g/mol. The summed E-state index contributed by atoms with van der Waals surface area (Å²) in [7, 11) is 1.64. The van der Waals surface area contributed by atoms with E-state index in [1.54, 1.807) is 30.8 Å². The molecule has 0 aliphatic carbocycles. The van der Waals surface area contributed by atoms with E-state index in [1.165, 1.54) is 0 Å². The quantitative estimate of drug-likeness (QED) is 0.884. The zero-order valence-electron chi connectivity index (χ0n) is 9.23. The van der Waals surface area contributed by atoms with Gasteiger partial charge in [-0.05, 0) is 13.0 Å². The third-order valence-electron chi connectivity index (χ3n) is 2.14. The first kappa shape index (κ1) is 10.9. The maximum Gasteiger partial charge on any atom is 0.160 e. The van der Waals surface area contributed by atoms with Gasteiger partial charge in [0.05, 0.1) is 25.5 Å². The maximum atomic E-state index is 5.23. The molecule has 5 heteroatoms. The van der Waals surface area contributed by atoms with Crippen LogP contribution in [0.3, 0.4) is 0 Å². The van der Waals surface area contributed by atoms with Crippen molar-refractivity contribution >= 4 is 17.0 Å². The van der Waals surface area contributed by atoms with E-state index in [9.17, 15) is 0 Å². The number of hydrogen-bond donors (Lipinski definition) is 1. The number of pyridine rings is 1. The molecule has 0 bridgehead atoms. The van der Waals surface area contributed by atoms with Crippen LogP contribution in [0.25, 0.3) is 0 Å². The van der Waals surface area contributed by atoms with Crippen molar-refractivity contribution in [2.75, 3.05) is 12.4 Å². The van der Waals surface area contributed by atoms with E-state index in [2.05, 4.69) is 15.3 Å². The number of methoxy groups -OCH3 is 1. The summed E-state index contributed by atoms with van der Waals surface area (Å²) in [5.74, 6) is 0.752. The Kier molecular flexibility index (Phi) is 3.36. The molecule has 0 aliphatic heterocycles. The van der Waals surface area contributed by atoms with Crippen molar-refractivity contribution < 1.29 is 4.74 Å². The fraction of sp³-hybridized carbons (Fsp3) is 0.273. The number of nitrogens with one attached hydrogen (secondary N) is 1. The molecule has 2 aromatic heterocycles. The van der Waals surface area contributed by atoms with Gasteiger partial charge in [0.1, 0.15) is 5.01 Å². The summed E-state index contributed by atoms with van der Waals surface area (Å²) in [5.41, 5.74) is 1.91. The Labute approximate surface area is 98.3 Å². The van der Waals surface area contributed by atoms with Crippen molar-refractivity contribution in [2.45, 2.75) is 13.5 Å². The van der Waals surface area contributed by atoms with E-state index >= 15 is 0 Å². The van der Waals surface area contributed by atoms with Gasteiger partial charge in [0.15, 0.2) is 5.75 Å². The lowest BCUT2D eigenvalue weighted by Crippen LogP contribution is -2.02. The Morgan fingerprint density at radius 3 is 3.00 bits per heavy atom. The van der Waals surface area contributed by atoms with E-state index in [0.717, 1.165) is 22.1 Å². The predicted octanol–water partition coefficient (Wildman–Crippen LogP) is 2.47. The van der Waals surface area contributed by atoms with Gasteiger partial charge in [-0.15, -0.1) is 11.3 Å². The topological polar surface area (TPSA) is 47.0 Å². The molecular formula is C11H13N3OS. The summed E-state index contributed by atoms with van der Waals surface area (Å²) in [6.07, 6.45) is 3.52. The number of rotatable bonds is 4. The first-order valence-electron chi connectivity index (χ1n) is 4.92. The number of ether oxygens (including phenoxy) is 1. The second kappa shape index (κ2) is 4.94. The highest BCUT2D eigenvalue weighted by molar-refractivity contribution is 7.09. The van der Waals surface area contributed by atoms with E-state index in [-0.39, 0.29) is 0 Å². The summed E-state index contributed by atoms with van der Waals surface area (Å²) in [6.45, 7) is 2.66. The molecule has 0 saturated carbocycles. The number of aromatic nitrogens is 2. The van der Waals surface area contributed by atoms with Crippen LogP contribution in [-0.4, -0.2) is 17.1 Å². The van der Waals surface area contributed by atoms with Crippen LogP contribution in [0.4, 0.5) is 5.69 Å². The molecule has 84 valence electrons. The van der Waals surface area contributed by atoms with Crippen LogP contribution in [0.2, 0.25) is 0 Å². The first-order valence-corrected chi connectivity index (χ1v) is 5.80. The summed E-state index contributed by atoms with van der Waals surface area (Å²) in [5, 5.41) is 6.31. The molecule has 0 atom stereocenters. The molecule has 0 amide bonds. The normalized spacial score (nSPS) is 10.1. The second-order valence-corrected chi connectivity index (χ2v) is 4.28. The van der Waals surface area contributed by atoms with Crippen LogP contribution in [0.1, 0.15) is 10.7 Å². The van der Waals surface area contributed by atoms with Crippen molar-refractivity contribution in [3.05, 3.63) is 34.5 Å². The smallest absolute Gasteiger partial charge is 0.160 e. The van der Waals surface area contributed by atoms with Crippen molar-refractivity contribution in [2.24, 2.45) is 0 Å². The standard InChI is InChI=1S/C11H13N3OS/c1-8-5-9(10(15-2)6-13-8)14-7-11-12-3-4-16-11/h3-6H,7H2,1-2H3,(H,13,14). The summed E-state index contributed by atoms with van der Waals surface area (Å²) in [6, 6.07) is 1.96. The molecule has 0 saturated heterocycles. The minimum Gasteiger partial charge on any atom is -0.493 e. The molecular weight excluding hydrogens is 222 g/mol. The van der Waals surface area contributed by atoms with Crippen LogP contribution in [0.15, 0.2) is 23.8 Å². The molecule has 16 heavy (non-hydrogen) atoms. The van der Waals surface area contributed by atoms with Gasteiger partial charge >= 0.3 is 0 Å². The van der Waals surface area contributed by atoms with E-state index in [4.69, 9.17) is 4.74 Å². The van der Waals surface area contributed by atoms with E-state index < -0.39 is 0 Å². The molecule has 0 fully saturated rings. The number of nitrogens with zero attached hydrogens (tertiary/aromatic N) is 2. The fourth-order valence-corrected chi connectivity index (χ4v) is 1.92. The lowest BCUT2D eigenvalue weighted by Gasteiger charge is -2.10. The second-order valence-electron chi connectivity index (χ2n) is 3.31. The van der Waals surface area contributed by atoms with Crippen molar-refractivity contribution in [3.63, 3.8) is 0 Å². The Morgan fingerprint density at radius 1 is 1.44 bits per heavy atom. The SMILES string of the molecule is COc1cnc(C)cc1NCc1nccs1. The minimum atomic E-state index is 0.706. The molecule has 2 aromatic rings. The largest absolute Gasteiger partial charge is 0.493 e. The van der Waals surface area contributed by atoms with Gasteiger partial charge in [-0.2, -0.15) is 0 Å². The third-order valence-corrected chi connectivity index (χ3v) is 2.92. The van der Waals surface area contributed by atoms with E-state index in [0.29, 0.717) is 6.54 Å². The van der Waals surface area contributed by atoms with Crippen molar-refractivity contribution in [1.82, 2.24) is 9.97 Å². The molecule has 0 radical (unpaired) electrons. The van der Waals surface area contributed by atoms with Gasteiger partial charge in [-0.3, -0.25) is 4.98 Å². The maximum absolute atomic E-state index is 5.23. The highest BCUT2D eigenvalue weighted by Crippen LogP contribution is 2.24. The molecule has 2 heterocycles. The van der Waals surface area contributed by atoms with Gasteiger partial charge in [-0.1, -0.05) is 0 Å². The molecule has 0 aromatic carbocycles. The van der Waals surface area contributed by atoms with Crippen LogP contribution in [0.5, 0.6) is 5.75 Å². The molecule has 0 unspecified atom stereocenters. The summed E-state index contributed by atoms with van der Waals surface area (Å²) < 4.78 is 5.23. The van der Waals surface area contributed by atoms with Crippen LogP contribution >= 0.6 is 11.3 Å². The monoisotopic (exact) mass is 235 g/mol. The Bertz CT molecular complexity index is 456. The molecule has 0 aliphatic rings. The van der Waals surface area contributed by atoms with Crippen molar-refractivity contribution in [3.8, 4) is 5.75 Å². The molecule has 0 spiro atoms. The lowest BCUT2D eigenvalue weighted by molar-refractivity contribution is 0.414. The van der Waals surface area contributed by atoms with Crippen LogP contribution < -0.4 is 10.1 Å². The zero-order chi connectivity index (χ0) is 11.4. The Hall–Kier alpha value is -1.62. The average Bonchev–Trinajstić information content (AvgIpc) is 2.79. The number of hydrogen-bond acceptors (Lipinski definition) is 5. The van der Waals surface area contributed by atoms with Gasteiger partial charge < -0.3 is 10.1 Å². The predicted molar refractivity (Wildman–Crippen MR) is 65.0 cm³/mol. The van der Waals surface area contributed by atoms with Crippen LogP contribution in [-0.2, 0) is 6.54 Å². The molecule has 1 N–H and O–H groups in total.